The Morgan fingerprint density at radius 1 is 1.04 bits per heavy atom. The van der Waals surface area contributed by atoms with Gasteiger partial charge in [0.15, 0.2) is 0 Å². The number of nitrogens with zero attached hydrogens (tertiary/aromatic N) is 3. The molecule has 0 saturated carbocycles. The first-order valence-electron chi connectivity index (χ1n) is 8.65. The molecule has 1 saturated heterocycles. The monoisotopic (exact) mass is 345 g/mol. The molecule has 3 rings (SSSR count). The van der Waals surface area contributed by atoms with Gasteiger partial charge in [-0.1, -0.05) is 12.1 Å². The first-order chi connectivity index (χ1) is 12.3. The molecule has 0 amide bonds. The highest BCUT2D eigenvalue weighted by molar-refractivity contribution is 5.39. The van der Waals surface area contributed by atoms with Gasteiger partial charge in [-0.3, -0.25) is 4.90 Å². The van der Waals surface area contributed by atoms with Gasteiger partial charge in [-0.15, -0.1) is 0 Å². The summed E-state index contributed by atoms with van der Waals surface area (Å²) in [6, 6.07) is 8.41. The number of morpholine rings is 1. The molecular weight excluding hydrogens is 321 g/mol. The fourth-order valence-electron chi connectivity index (χ4n) is 2.68. The summed E-state index contributed by atoms with van der Waals surface area (Å²) in [5.41, 5.74) is 1.09. The second-order valence-electron chi connectivity index (χ2n) is 5.95. The minimum Gasteiger partial charge on any atom is -0.379 e. The molecule has 1 fully saturated rings. The lowest BCUT2D eigenvalue weighted by atomic mass is 10.1. The highest BCUT2D eigenvalue weighted by Gasteiger charge is 2.09. The van der Waals surface area contributed by atoms with Gasteiger partial charge in [0.1, 0.15) is 11.6 Å². The summed E-state index contributed by atoms with van der Waals surface area (Å²) in [5, 5.41) is 6.54. The third-order valence-electron chi connectivity index (χ3n) is 4.10. The molecule has 1 aromatic carbocycles. The fourth-order valence-corrected chi connectivity index (χ4v) is 2.68. The molecule has 2 N–H and O–H groups in total. The van der Waals surface area contributed by atoms with E-state index in [1.54, 1.807) is 18.3 Å². The molecule has 2 aromatic rings. The molecule has 1 aliphatic rings. The first-order valence-corrected chi connectivity index (χ1v) is 8.65. The number of benzene rings is 1. The number of hydrogen-bond donors (Lipinski definition) is 2. The van der Waals surface area contributed by atoms with E-state index < -0.39 is 0 Å². The molecule has 134 valence electrons. The third kappa shape index (κ3) is 5.95. The van der Waals surface area contributed by atoms with E-state index in [9.17, 15) is 4.39 Å². The maximum absolute atomic E-state index is 12.9. The van der Waals surface area contributed by atoms with Gasteiger partial charge in [0.05, 0.1) is 13.2 Å². The highest BCUT2D eigenvalue weighted by atomic mass is 19.1. The van der Waals surface area contributed by atoms with Crippen molar-refractivity contribution in [1.82, 2.24) is 14.9 Å². The van der Waals surface area contributed by atoms with Crippen molar-refractivity contribution in [2.75, 3.05) is 56.6 Å². The molecule has 6 nitrogen and oxygen atoms in total. The summed E-state index contributed by atoms with van der Waals surface area (Å²) in [5.74, 6) is 1.20. The number of halogens is 1. The van der Waals surface area contributed by atoms with Gasteiger partial charge in [-0.2, -0.15) is 4.98 Å². The van der Waals surface area contributed by atoms with Crippen LogP contribution in [0.2, 0.25) is 0 Å². The van der Waals surface area contributed by atoms with Gasteiger partial charge < -0.3 is 15.4 Å². The van der Waals surface area contributed by atoms with E-state index in [0.29, 0.717) is 5.95 Å². The third-order valence-corrected chi connectivity index (χ3v) is 4.10. The van der Waals surface area contributed by atoms with Crippen molar-refractivity contribution in [3.63, 3.8) is 0 Å². The Balaban J connectivity index is 1.40. The Hall–Kier alpha value is -2.25. The molecule has 2 heterocycles. The Morgan fingerprint density at radius 3 is 2.64 bits per heavy atom. The van der Waals surface area contributed by atoms with Crippen LogP contribution < -0.4 is 10.6 Å². The molecular formula is C18H24FN5O. The number of anilines is 2. The summed E-state index contributed by atoms with van der Waals surface area (Å²) >= 11 is 0. The summed E-state index contributed by atoms with van der Waals surface area (Å²) in [4.78, 5) is 11.1. The van der Waals surface area contributed by atoms with Crippen LogP contribution in [0.1, 0.15) is 5.56 Å². The van der Waals surface area contributed by atoms with Gasteiger partial charge >= 0.3 is 0 Å². The molecule has 25 heavy (non-hydrogen) atoms. The lowest BCUT2D eigenvalue weighted by Crippen LogP contribution is -2.39. The summed E-state index contributed by atoms with van der Waals surface area (Å²) in [6.07, 6.45) is 2.55. The predicted molar refractivity (Wildman–Crippen MR) is 96.4 cm³/mol. The van der Waals surface area contributed by atoms with E-state index in [1.165, 1.54) is 12.1 Å². The van der Waals surface area contributed by atoms with Crippen LogP contribution in [-0.4, -0.2) is 60.8 Å². The van der Waals surface area contributed by atoms with E-state index in [0.717, 1.165) is 63.7 Å². The molecule has 0 aliphatic carbocycles. The Morgan fingerprint density at radius 2 is 1.84 bits per heavy atom. The van der Waals surface area contributed by atoms with Crippen LogP contribution >= 0.6 is 0 Å². The van der Waals surface area contributed by atoms with E-state index in [1.807, 2.05) is 6.07 Å². The van der Waals surface area contributed by atoms with Gasteiger partial charge in [0.2, 0.25) is 5.95 Å². The van der Waals surface area contributed by atoms with Crippen LogP contribution in [0.3, 0.4) is 0 Å². The highest BCUT2D eigenvalue weighted by Crippen LogP contribution is 2.07. The van der Waals surface area contributed by atoms with E-state index >= 15 is 0 Å². The van der Waals surface area contributed by atoms with Crippen LogP contribution in [-0.2, 0) is 11.2 Å². The van der Waals surface area contributed by atoms with Crippen molar-refractivity contribution < 1.29 is 9.13 Å². The Labute approximate surface area is 147 Å². The van der Waals surface area contributed by atoms with Crippen molar-refractivity contribution in [2.45, 2.75) is 6.42 Å². The first kappa shape index (κ1) is 17.6. The number of aromatic nitrogens is 2. The second kappa shape index (κ2) is 9.29. The van der Waals surface area contributed by atoms with Crippen molar-refractivity contribution in [3.05, 3.63) is 47.9 Å². The van der Waals surface area contributed by atoms with E-state index in [4.69, 9.17) is 4.74 Å². The van der Waals surface area contributed by atoms with Gasteiger partial charge in [-0.25, -0.2) is 9.37 Å². The van der Waals surface area contributed by atoms with Crippen LogP contribution in [0.4, 0.5) is 16.2 Å². The van der Waals surface area contributed by atoms with Crippen LogP contribution in [0.5, 0.6) is 0 Å². The average molecular weight is 345 g/mol. The van der Waals surface area contributed by atoms with Gasteiger partial charge in [0, 0.05) is 38.9 Å². The smallest absolute Gasteiger partial charge is 0.224 e. The summed E-state index contributed by atoms with van der Waals surface area (Å²) in [6.45, 7) is 6.07. The van der Waals surface area contributed by atoms with Crippen molar-refractivity contribution in [2.24, 2.45) is 0 Å². The van der Waals surface area contributed by atoms with E-state index in [-0.39, 0.29) is 5.82 Å². The molecule has 0 bridgehead atoms. The minimum absolute atomic E-state index is 0.208. The SMILES string of the molecule is Fc1ccc(CCNc2ccnc(NCCN3CCOCC3)n2)cc1. The minimum atomic E-state index is -0.208. The topological polar surface area (TPSA) is 62.3 Å². The predicted octanol–water partition coefficient (Wildman–Crippen LogP) is 2.01. The fraction of sp³-hybridized carbons (Fsp3) is 0.444. The lowest BCUT2D eigenvalue weighted by molar-refractivity contribution is 0.0398. The molecule has 0 radical (unpaired) electrons. The Bertz CT molecular complexity index is 646. The maximum atomic E-state index is 12.9. The molecule has 7 heteroatoms. The number of nitrogens with one attached hydrogen (secondary N) is 2. The standard InChI is InChI=1S/C18H24FN5O/c19-16-3-1-15(2-4-16)5-7-20-17-6-8-21-18(23-17)22-9-10-24-11-13-25-14-12-24/h1-4,6,8H,5,7,9-14H2,(H2,20,21,22,23). The largest absolute Gasteiger partial charge is 0.379 e. The number of hydrogen-bond acceptors (Lipinski definition) is 6. The summed E-state index contributed by atoms with van der Waals surface area (Å²) in [7, 11) is 0. The Kier molecular flexibility index (Phi) is 6.53. The van der Waals surface area contributed by atoms with Crippen LogP contribution in [0.15, 0.2) is 36.5 Å². The molecule has 0 atom stereocenters. The second-order valence-corrected chi connectivity index (χ2v) is 5.95. The average Bonchev–Trinajstić information content (AvgIpc) is 2.65. The van der Waals surface area contributed by atoms with Crippen LogP contribution in [0, 0.1) is 5.82 Å². The van der Waals surface area contributed by atoms with Crippen LogP contribution in [0.25, 0.3) is 0 Å². The zero-order chi connectivity index (χ0) is 17.3. The van der Waals surface area contributed by atoms with Crippen molar-refractivity contribution >= 4 is 11.8 Å². The van der Waals surface area contributed by atoms with E-state index in [2.05, 4.69) is 25.5 Å². The van der Waals surface area contributed by atoms with Gasteiger partial charge in [-0.05, 0) is 30.2 Å². The zero-order valence-electron chi connectivity index (χ0n) is 14.2. The molecule has 0 spiro atoms. The van der Waals surface area contributed by atoms with Gasteiger partial charge in [0.25, 0.3) is 0 Å². The molecule has 0 unspecified atom stereocenters. The number of ether oxygens (including phenoxy) is 1. The molecule has 1 aliphatic heterocycles. The maximum Gasteiger partial charge on any atom is 0.224 e. The normalized spacial score (nSPS) is 15.1. The molecule has 1 aromatic heterocycles. The summed E-state index contributed by atoms with van der Waals surface area (Å²) < 4.78 is 18.2. The quantitative estimate of drug-likeness (QED) is 0.763. The number of rotatable bonds is 8. The van der Waals surface area contributed by atoms with Crippen molar-refractivity contribution in [3.8, 4) is 0 Å². The lowest BCUT2D eigenvalue weighted by Gasteiger charge is -2.26. The zero-order valence-corrected chi connectivity index (χ0v) is 14.2. The van der Waals surface area contributed by atoms with Crippen molar-refractivity contribution in [1.29, 1.82) is 0 Å².